The molecule has 0 amide bonds. The van der Waals surface area contributed by atoms with Crippen LogP contribution in [0.4, 0.5) is 0 Å². The van der Waals surface area contributed by atoms with Gasteiger partial charge in [-0.15, -0.1) is 40.7 Å². The molecule has 330 valence electrons. The maximum absolute atomic E-state index is 11.9. The number of para-hydroxylation sites is 1. The fraction of sp³-hybridized carbons (Fsp3) is 0.281. The zero-order valence-electron chi connectivity index (χ0n) is 39.3. The van der Waals surface area contributed by atoms with Gasteiger partial charge in [0.25, 0.3) is 0 Å². The monoisotopic (exact) mass is 1050 g/mol. The molecule has 5 nitrogen and oxygen atoms in total. The Labute approximate surface area is 402 Å². The normalized spacial score (nSPS) is 12.6. The molecule has 0 bridgehead atoms. The van der Waals surface area contributed by atoms with Gasteiger partial charge in [0.05, 0.1) is 22.1 Å². The number of hydrogen-bond acceptors (Lipinski definition) is 5. The van der Waals surface area contributed by atoms with Gasteiger partial charge in [-0.2, -0.15) is 0 Å². The van der Waals surface area contributed by atoms with E-state index in [2.05, 4.69) is 171 Å². The van der Waals surface area contributed by atoms with E-state index in [0.29, 0.717) is 17.8 Å². The first-order valence-electron chi connectivity index (χ1n) is 22.9. The van der Waals surface area contributed by atoms with Crippen LogP contribution in [-0.4, -0.2) is 31.3 Å². The predicted molar refractivity (Wildman–Crippen MR) is 272 cm³/mol. The third-order valence-electron chi connectivity index (χ3n) is 13.3. The third-order valence-corrected chi connectivity index (χ3v) is 14.4. The van der Waals surface area contributed by atoms with Gasteiger partial charge in [-0.05, 0) is 100 Å². The van der Waals surface area contributed by atoms with Crippen molar-refractivity contribution in [3.63, 3.8) is 0 Å². The SMILES string of the molecule is Cc1cc(C)c(O)c(-c2nc3c(-c4[c-]c(-c5ncnc6c5sc5cc(CC(C)C)ccc56)cc(C(C)(C)C)c4)ccc4c3n2-c2ccccc2B4c2c(C(C)C)cccc2C(C)C)c1.[Pt]. The average Bonchev–Trinajstić information content (AvgIpc) is 3.84. The van der Waals surface area contributed by atoms with Crippen molar-refractivity contribution in [3.05, 3.63) is 143 Å². The summed E-state index contributed by atoms with van der Waals surface area (Å²) in [6.07, 6.45) is 2.75. The fourth-order valence-corrected chi connectivity index (χ4v) is 11.5. The van der Waals surface area contributed by atoms with Crippen LogP contribution in [0.5, 0.6) is 5.75 Å². The number of aromatic hydroxyl groups is 1. The molecule has 9 aromatic rings. The quantitative estimate of drug-likeness (QED) is 0.122. The van der Waals surface area contributed by atoms with Crippen molar-refractivity contribution in [1.29, 1.82) is 0 Å². The van der Waals surface area contributed by atoms with Gasteiger partial charge in [0, 0.05) is 47.2 Å². The van der Waals surface area contributed by atoms with Gasteiger partial charge in [-0.25, -0.2) is 9.97 Å². The van der Waals surface area contributed by atoms with Gasteiger partial charge < -0.3 is 5.11 Å². The van der Waals surface area contributed by atoms with Crippen LogP contribution < -0.4 is 16.4 Å². The minimum absolute atomic E-state index is 0. The minimum Gasteiger partial charge on any atom is -0.507 e. The van der Waals surface area contributed by atoms with Crippen molar-refractivity contribution in [2.24, 2.45) is 5.92 Å². The number of phenols is 1. The predicted octanol–water partition coefficient (Wildman–Crippen LogP) is 12.9. The largest absolute Gasteiger partial charge is 0.507 e. The summed E-state index contributed by atoms with van der Waals surface area (Å²) >= 11 is 1.77. The Hall–Kier alpha value is -5.36. The molecule has 0 spiro atoms. The molecule has 0 unspecified atom stereocenters. The zero-order valence-corrected chi connectivity index (χ0v) is 42.4. The average molecular weight is 1050 g/mol. The van der Waals surface area contributed by atoms with Crippen molar-refractivity contribution in [2.45, 2.75) is 99.8 Å². The standard InChI is InChI=1S/C57H56BN4OS.Pt/c1-31(2)23-36-19-20-43-48(26-36)64-55-50(59-30-60-52(43)55)38-27-37(28-39(29-38)57(9,10)11)42-21-22-46-53-51(42)61-56(44-25-34(7)24-35(8)54(44)63)62(53)47-18-13-12-17-45(47)58(46)49-40(32(3)4)15-14-16-41(49)33(5)6;/h12-22,24-26,28-33,63H,23H2,1-11H3;/q-1;. The zero-order chi connectivity index (χ0) is 44.9. The van der Waals surface area contributed by atoms with Crippen LogP contribution >= 0.6 is 11.3 Å². The van der Waals surface area contributed by atoms with Crippen LogP contribution in [0.2, 0.25) is 0 Å². The van der Waals surface area contributed by atoms with E-state index in [1.54, 1.807) is 17.7 Å². The van der Waals surface area contributed by atoms with E-state index in [9.17, 15) is 5.11 Å². The Balaban J connectivity index is 0.00000533. The summed E-state index contributed by atoms with van der Waals surface area (Å²) in [5.74, 6) is 2.22. The van der Waals surface area contributed by atoms with Gasteiger partial charge in [0.15, 0.2) is 0 Å². The first kappa shape index (κ1) is 44.8. The van der Waals surface area contributed by atoms with E-state index in [-0.39, 0.29) is 38.9 Å². The van der Waals surface area contributed by atoms with E-state index in [1.807, 2.05) is 13.0 Å². The van der Waals surface area contributed by atoms with Crippen LogP contribution in [-0.2, 0) is 32.9 Å². The molecule has 10 rings (SSSR count). The third kappa shape index (κ3) is 7.57. The van der Waals surface area contributed by atoms with Gasteiger partial charge in [0.2, 0.25) is 6.71 Å². The molecule has 0 atom stereocenters. The number of phenolic OH excluding ortho intramolecular Hbond substituents is 1. The summed E-state index contributed by atoms with van der Waals surface area (Å²) in [7, 11) is 0. The molecule has 8 heteroatoms. The topological polar surface area (TPSA) is 63.8 Å². The maximum Gasteiger partial charge on any atom is 0.247 e. The number of hydrogen-bond donors (Lipinski definition) is 1. The van der Waals surface area contributed by atoms with Crippen molar-refractivity contribution in [2.75, 3.05) is 0 Å². The molecule has 0 saturated heterocycles. The molecule has 6 aromatic carbocycles. The number of rotatable bonds is 8. The van der Waals surface area contributed by atoms with Crippen molar-refractivity contribution < 1.29 is 26.2 Å². The van der Waals surface area contributed by atoms with E-state index < -0.39 is 0 Å². The van der Waals surface area contributed by atoms with Crippen LogP contribution in [0.15, 0.2) is 103 Å². The Kier molecular flexibility index (Phi) is 11.6. The van der Waals surface area contributed by atoms with Gasteiger partial charge >= 0.3 is 0 Å². The van der Waals surface area contributed by atoms with Gasteiger partial charge in [-0.3, -0.25) is 9.55 Å². The number of imidazole rings is 1. The van der Waals surface area contributed by atoms with Crippen molar-refractivity contribution >= 4 is 65.8 Å². The first-order valence-corrected chi connectivity index (χ1v) is 23.7. The Morgan fingerprint density at radius 1 is 0.754 bits per heavy atom. The molecular formula is C57H56BN4OPtS-. The van der Waals surface area contributed by atoms with Crippen LogP contribution in [0, 0.1) is 25.8 Å². The van der Waals surface area contributed by atoms with E-state index in [1.165, 1.54) is 43.3 Å². The molecule has 1 N–H and O–H groups in total. The smallest absolute Gasteiger partial charge is 0.247 e. The Bertz CT molecular complexity index is 3310. The van der Waals surface area contributed by atoms with Crippen molar-refractivity contribution in [3.8, 4) is 45.2 Å². The summed E-state index contributed by atoms with van der Waals surface area (Å²) in [5.41, 5.74) is 19.4. The molecule has 0 aliphatic carbocycles. The molecule has 0 saturated carbocycles. The van der Waals surface area contributed by atoms with Crippen LogP contribution in [0.25, 0.3) is 70.8 Å². The minimum atomic E-state index is -0.172. The second-order valence-electron chi connectivity index (χ2n) is 20.2. The maximum atomic E-state index is 11.9. The summed E-state index contributed by atoms with van der Waals surface area (Å²) in [5, 5.41) is 13.0. The molecule has 1 aliphatic heterocycles. The van der Waals surface area contributed by atoms with E-state index in [4.69, 9.17) is 15.0 Å². The molecule has 4 heterocycles. The van der Waals surface area contributed by atoms with Gasteiger partial charge in [0.1, 0.15) is 17.9 Å². The Morgan fingerprint density at radius 3 is 2.18 bits per heavy atom. The summed E-state index contributed by atoms with van der Waals surface area (Å²) in [6.45, 7) is 24.6. The number of benzene rings is 6. The number of nitrogens with zero attached hydrogens (tertiary/aromatic N) is 4. The summed E-state index contributed by atoms with van der Waals surface area (Å²) < 4.78 is 4.63. The molecular weight excluding hydrogens is 995 g/mol. The molecule has 65 heavy (non-hydrogen) atoms. The number of thiophene rings is 1. The Morgan fingerprint density at radius 2 is 1.48 bits per heavy atom. The second kappa shape index (κ2) is 16.8. The van der Waals surface area contributed by atoms with E-state index in [0.717, 1.165) is 83.6 Å². The van der Waals surface area contributed by atoms with Crippen LogP contribution in [0.1, 0.15) is 108 Å². The van der Waals surface area contributed by atoms with Crippen LogP contribution in [0.3, 0.4) is 0 Å². The second-order valence-corrected chi connectivity index (χ2v) is 21.2. The fourth-order valence-electron chi connectivity index (χ4n) is 10.2. The van der Waals surface area contributed by atoms with E-state index >= 15 is 0 Å². The molecule has 0 radical (unpaired) electrons. The number of aryl methyl sites for hydroxylation is 2. The summed E-state index contributed by atoms with van der Waals surface area (Å²) in [6, 6.07) is 39.8. The molecule has 1 aliphatic rings. The van der Waals surface area contributed by atoms with Crippen molar-refractivity contribution in [1.82, 2.24) is 19.5 Å². The number of aromatic nitrogens is 4. The molecule has 3 aromatic heterocycles. The summed E-state index contributed by atoms with van der Waals surface area (Å²) in [4.78, 5) is 15.6. The number of fused-ring (bicyclic) bond motifs is 5. The molecule has 0 fully saturated rings. The first-order chi connectivity index (χ1) is 30.6. The van der Waals surface area contributed by atoms with Gasteiger partial charge in [-0.1, -0.05) is 146 Å².